The van der Waals surface area contributed by atoms with E-state index in [2.05, 4.69) is 10.3 Å². The number of ether oxygens (including phenoxy) is 1. The highest BCUT2D eigenvalue weighted by atomic mass is 16.5. The fraction of sp³-hybridized carbons (Fsp3) is 0.0714. The highest BCUT2D eigenvalue weighted by Crippen LogP contribution is 2.14. The van der Waals surface area contributed by atoms with Crippen LogP contribution in [0.15, 0.2) is 42.6 Å². The van der Waals surface area contributed by atoms with Gasteiger partial charge in [-0.15, -0.1) is 0 Å². The topological polar surface area (TPSA) is 88.5 Å². The van der Waals surface area contributed by atoms with Gasteiger partial charge >= 0.3 is 5.97 Å². The molecule has 2 N–H and O–H groups in total. The predicted molar refractivity (Wildman–Crippen MR) is 72.1 cm³/mol. The number of aromatic carboxylic acids is 1. The molecule has 0 saturated carbocycles. The van der Waals surface area contributed by atoms with E-state index in [-0.39, 0.29) is 17.3 Å². The number of methoxy groups -OCH3 is 1. The standard InChI is InChI=1S/C14H12N2O4/c1-20-11-4-2-3-9(7-11)13(17)16-12-8-10(14(18)19)5-6-15-12/h2-8H,1H3,(H,18,19)(H,15,16,17). The number of nitrogens with zero attached hydrogens (tertiary/aromatic N) is 1. The number of benzene rings is 1. The molecule has 0 unspecified atom stereocenters. The van der Waals surface area contributed by atoms with E-state index in [9.17, 15) is 9.59 Å². The monoisotopic (exact) mass is 272 g/mol. The molecule has 6 heteroatoms. The van der Waals surface area contributed by atoms with Crippen LogP contribution in [-0.2, 0) is 0 Å². The van der Waals surface area contributed by atoms with Gasteiger partial charge in [-0.1, -0.05) is 6.07 Å². The molecule has 2 rings (SSSR count). The van der Waals surface area contributed by atoms with Crippen LogP contribution in [0.5, 0.6) is 5.75 Å². The number of hydrogen-bond acceptors (Lipinski definition) is 4. The van der Waals surface area contributed by atoms with E-state index < -0.39 is 5.97 Å². The SMILES string of the molecule is COc1cccc(C(=O)Nc2cc(C(=O)O)ccn2)c1. The van der Waals surface area contributed by atoms with Gasteiger partial charge in [0.15, 0.2) is 0 Å². The second kappa shape index (κ2) is 5.83. The Kier molecular flexibility index (Phi) is 3.95. The van der Waals surface area contributed by atoms with Crippen molar-refractivity contribution in [3.05, 3.63) is 53.7 Å². The molecule has 102 valence electrons. The first kappa shape index (κ1) is 13.5. The number of carboxylic acid groups (broad SMARTS) is 1. The van der Waals surface area contributed by atoms with Gasteiger partial charge in [0, 0.05) is 11.8 Å². The maximum atomic E-state index is 12.0. The number of carbonyl (C=O) groups excluding carboxylic acids is 1. The molecule has 20 heavy (non-hydrogen) atoms. The average Bonchev–Trinajstić information content (AvgIpc) is 2.47. The molecule has 0 aliphatic rings. The second-order valence-electron chi connectivity index (χ2n) is 3.92. The molecule has 0 radical (unpaired) electrons. The first-order chi connectivity index (χ1) is 9.60. The zero-order valence-corrected chi connectivity index (χ0v) is 10.7. The number of rotatable bonds is 4. The molecule has 1 amide bonds. The molecule has 0 saturated heterocycles. The van der Waals surface area contributed by atoms with Gasteiger partial charge in [0.05, 0.1) is 12.7 Å². The van der Waals surface area contributed by atoms with Crippen molar-refractivity contribution in [1.82, 2.24) is 4.98 Å². The summed E-state index contributed by atoms with van der Waals surface area (Å²) in [4.78, 5) is 26.7. The number of carbonyl (C=O) groups is 2. The number of hydrogen-bond donors (Lipinski definition) is 2. The van der Waals surface area contributed by atoms with E-state index in [0.29, 0.717) is 11.3 Å². The molecular weight excluding hydrogens is 260 g/mol. The Balaban J connectivity index is 2.18. The molecule has 1 aromatic heterocycles. The minimum Gasteiger partial charge on any atom is -0.497 e. The lowest BCUT2D eigenvalue weighted by atomic mass is 10.2. The fourth-order valence-electron chi connectivity index (χ4n) is 1.58. The number of carboxylic acids is 1. The van der Waals surface area contributed by atoms with Crippen molar-refractivity contribution in [3.63, 3.8) is 0 Å². The highest BCUT2D eigenvalue weighted by molar-refractivity contribution is 6.04. The first-order valence-electron chi connectivity index (χ1n) is 5.75. The van der Waals surface area contributed by atoms with Crippen molar-refractivity contribution in [2.75, 3.05) is 12.4 Å². The number of anilines is 1. The molecule has 0 atom stereocenters. The summed E-state index contributed by atoms with van der Waals surface area (Å²) in [5, 5.41) is 11.4. The summed E-state index contributed by atoms with van der Waals surface area (Å²) < 4.78 is 5.03. The lowest BCUT2D eigenvalue weighted by molar-refractivity contribution is 0.0696. The third-order valence-electron chi connectivity index (χ3n) is 2.58. The van der Waals surface area contributed by atoms with Gasteiger partial charge in [-0.25, -0.2) is 9.78 Å². The third-order valence-corrected chi connectivity index (χ3v) is 2.58. The molecular formula is C14H12N2O4. The number of pyridine rings is 1. The molecule has 6 nitrogen and oxygen atoms in total. The fourth-order valence-corrected chi connectivity index (χ4v) is 1.58. The Hall–Kier alpha value is -2.89. The third kappa shape index (κ3) is 3.11. The Labute approximate surface area is 115 Å². The zero-order valence-electron chi connectivity index (χ0n) is 10.7. The minimum absolute atomic E-state index is 0.0564. The molecule has 1 aromatic carbocycles. The van der Waals surface area contributed by atoms with Crippen LogP contribution in [-0.4, -0.2) is 29.1 Å². The van der Waals surface area contributed by atoms with Crippen LogP contribution in [0.3, 0.4) is 0 Å². The molecule has 2 aromatic rings. The maximum absolute atomic E-state index is 12.0. The normalized spacial score (nSPS) is 9.85. The Bertz CT molecular complexity index is 655. The van der Waals surface area contributed by atoms with Crippen molar-refractivity contribution in [3.8, 4) is 5.75 Å². The van der Waals surface area contributed by atoms with E-state index in [4.69, 9.17) is 9.84 Å². The second-order valence-corrected chi connectivity index (χ2v) is 3.92. The summed E-state index contributed by atoms with van der Waals surface area (Å²) in [5.41, 5.74) is 0.452. The molecule has 1 heterocycles. The number of nitrogens with one attached hydrogen (secondary N) is 1. The summed E-state index contributed by atoms with van der Waals surface area (Å²) in [5.74, 6) is -0.731. The predicted octanol–water partition coefficient (Wildman–Crippen LogP) is 2.04. The average molecular weight is 272 g/mol. The van der Waals surface area contributed by atoms with Crippen LogP contribution in [0.4, 0.5) is 5.82 Å². The molecule has 0 aliphatic heterocycles. The van der Waals surface area contributed by atoms with Crippen molar-refractivity contribution >= 4 is 17.7 Å². The van der Waals surface area contributed by atoms with Gasteiger partial charge in [-0.2, -0.15) is 0 Å². The smallest absolute Gasteiger partial charge is 0.335 e. The summed E-state index contributed by atoms with van der Waals surface area (Å²) in [6, 6.07) is 9.26. The van der Waals surface area contributed by atoms with Gasteiger partial charge in [-0.3, -0.25) is 4.79 Å². The lowest BCUT2D eigenvalue weighted by Crippen LogP contribution is -2.13. The van der Waals surface area contributed by atoms with Crippen LogP contribution < -0.4 is 10.1 Å². The number of amides is 1. The van der Waals surface area contributed by atoms with Gasteiger partial charge in [0.2, 0.25) is 0 Å². The first-order valence-corrected chi connectivity index (χ1v) is 5.75. The zero-order chi connectivity index (χ0) is 14.5. The van der Waals surface area contributed by atoms with E-state index in [1.807, 2.05) is 0 Å². The van der Waals surface area contributed by atoms with E-state index in [0.717, 1.165) is 0 Å². The van der Waals surface area contributed by atoms with Crippen LogP contribution in [0.25, 0.3) is 0 Å². The van der Waals surface area contributed by atoms with Crippen LogP contribution in [0, 0.1) is 0 Å². The van der Waals surface area contributed by atoms with Gasteiger partial charge in [0.1, 0.15) is 11.6 Å². The summed E-state index contributed by atoms with van der Waals surface area (Å²) in [6.07, 6.45) is 1.32. The van der Waals surface area contributed by atoms with E-state index in [1.165, 1.54) is 25.4 Å². The van der Waals surface area contributed by atoms with Crippen molar-refractivity contribution in [2.45, 2.75) is 0 Å². The Morgan fingerprint density at radius 3 is 2.70 bits per heavy atom. The molecule has 0 fully saturated rings. The Morgan fingerprint density at radius 2 is 2.00 bits per heavy atom. The minimum atomic E-state index is -1.08. The molecule has 0 spiro atoms. The van der Waals surface area contributed by atoms with Crippen molar-refractivity contribution in [1.29, 1.82) is 0 Å². The van der Waals surface area contributed by atoms with Gasteiger partial charge in [-0.05, 0) is 30.3 Å². The van der Waals surface area contributed by atoms with E-state index >= 15 is 0 Å². The Morgan fingerprint density at radius 1 is 1.20 bits per heavy atom. The maximum Gasteiger partial charge on any atom is 0.335 e. The number of aromatic nitrogens is 1. The summed E-state index contributed by atoms with van der Waals surface area (Å²) in [6.45, 7) is 0. The van der Waals surface area contributed by atoms with Crippen LogP contribution >= 0.6 is 0 Å². The largest absolute Gasteiger partial charge is 0.497 e. The van der Waals surface area contributed by atoms with Crippen LogP contribution in [0.2, 0.25) is 0 Å². The molecule has 0 aliphatic carbocycles. The quantitative estimate of drug-likeness (QED) is 0.889. The van der Waals surface area contributed by atoms with Crippen molar-refractivity contribution < 1.29 is 19.4 Å². The van der Waals surface area contributed by atoms with Crippen molar-refractivity contribution in [2.24, 2.45) is 0 Å². The summed E-state index contributed by atoms with van der Waals surface area (Å²) in [7, 11) is 1.51. The van der Waals surface area contributed by atoms with Crippen LogP contribution in [0.1, 0.15) is 20.7 Å². The van der Waals surface area contributed by atoms with Gasteiger partial charge < -0.3 is 15.2 Å². The summed E-state index contributed by atoms with van der Waals surface area (Å²) >= 11 is 0. The van der Waals surface area contributed by atoms with Gasteiger partial charge in [0.25, 0.3) is 5.91 Å². The lowest BCUT2D eigenvalue weighted by Gasteiger charge is -2.06. The van der Waals surface area contributed by atoms with E-state index in [1.54, 1.807) is 24.3 Å². The molecule has 0 bridgehead atoms. The highest BCUT2D eigenvalue weighted by Gasteiger charge is 2.10.